The summed E-state index contributed by atoms with van der Waals surface area (Å²) in [4.78, 5) is 22.9. The van der Waals surface area contributed by atoms with Crippen LogP contribution in [0.5, 0.6) is 0 Å². The normalized spacial score (nSPS) is 21.7. The van der Waals surface area contributed by atoms with Crippen molar-refractivity contribution in [3.63, 3.8) is 0 Å². The predicted molar refractivity (Wildman–Crippen MR) is 90.8 cm³/mol. The van der Waals surface area contributed by atoms with Gasteiger partial charge in [0.2, 0.25) is 5.91 Å². The van der Waals surface area contributed by atoms with Gasteiger partial charge in [0, 0.05) is 30.6 Å². The first-order valence-corrected chi connectivity index (χ1v) is 9.06. The molecule has 0 radical (unpaired) electrons. The number of likely N-dealkylation sites (tertiary alicyclic amines) is 1. The van der Waals surface area contributed by atoms with Gasteiger partial charge >= 0.3 is 0 Å². The Morgan fingerprint density at radius 3 is 2.69 bits per heavy atom. The number of rotatable bonds is 3. The van der Waals surface area contributed by atoms with Gasteiger partial charge in [-0.15, -0.1) is 0 Å². The standard InChI is InChI=1S/C18H21F2N5O/c19-16(20)15-10-14(23-18-21-11-22-25(15)18)12-6-8-24(9-7-12)17(26)13-4-2-1-3-5-13/h1-2,10-13,16H,3-9H2/t13-/m1/s1. The SMILES string of the molecule is O=C([C@@H]1CC=CCC1)N1CCC(c2cc(C(F)F)n3ncnc3n2)CC1. The Morgan fingerprint density at radius 1 is 1.19 bits per heavy atom. The quantitative estimate of drug-likeness (QED) is 0.788. The van der Waals surface area contributed by atoms with E-state index in [1.165, 1.54) is 12.4 Å². The van der Waals surface area contributed by atoms with E-state index in [-0.39, 0.29) is 29.2 Å². The maximum absolute atomic E-state index is 13.3. The Hall–Kier alpha value is -2.38. The van der Waals surface area contributed by atoms with Crippen LogP contribution in [-0.2, 0) is 4.79 Å². The number of amides is 1. The van der Waals surface area contributed by atoms with Gasteiger partial charge in [0.1, 0.15) is 12.0 Å². The number of carbonyl (C=O) groups excluding carboxylic acids is 1. The monoisotopic (exact) mass is 361 g/mol. The molecule has 26 heavy (non-hydrogen) atoms. The smallest absolute Gasteiger partial charge is 0.280 e. The van der Waals surface area contributed by atoms with Crippen LogP contribution in [0.2, 0.25) is 0 Å². The molecule has 0 N–H and O–H groups in total. The molecule has 0 bridgehead atoms. The Bertz CT molecular complexity index is 826. The van der Waals surface area contributed by atoms with Crippen molar-refractivity contribution < 1.29 is 13.6 Å². The number of aromatic nitrogens is 4. The van der Waals surface area contributed by atoms with E-state index in [0.29, 0.717) is 18.8 Å². The fourth-order valence-corrected chi connectivity index (χ4v) is 3.89. The molecule has 0 unspecified atom stereocenters. The molecule has 2 aromatic rings. The van der Waals surface area contributed by atoms with Crippen LogP contribution in [-0.4, -0.2) is 43.5 Å². The van der Waals surface area contributed by atoms with Crippen LogP contribution < -0.4 is 0 Å². The molecule has 0 spiro atoms. The number of nitrogens with zero attached hydrogens (tertiary/aromatic N) is 5. The Labute approximate surface area is 149 Å². The lowest BCUT2D eigenvalue weighted by atomic mass is 9.89. The van der Waals surface area contributed by atoms with Crippen molar-refractivity contribution in [3.8, 4) is 0 Å². The van der Waals surface area contributed by atoms with Crippen molar-refractivity contribution in [1.82, 2.24) is 24.5 Å². The summed E-state index contributed by atoms with van der Waals surface area (Å²) >= 11 is 0. The molecule has 2 aliphatic rings. The first-order chi connectivity index (χ1) is 12.6. The van der Waals surface area contributed by atoms with Crippen molar-refractivity contribution in [2.45, 2.75) is 44.4 Å². The van der Waals surface area contributed by atoms with Crippen molar-refractivity contribution in [3.05, 3.63) is 35.9 Å². The molecule has 2 aromatic heterocycles. The second-order valence-electron chi connectivity index (χ2n) is 6.96. The van der Waals surface area contributed by atoms with Gasteiger partial charge < -0.3 is 4.90 Å². The van der Waals surface area contributed by atoms with Crippen molar-refractivity contribution in [1.29, 1.82) is 0 Å². The van der Waals surface area contributed by atoms with Crippen LogP contribution in [0.25, 0.3) is 5.78 Å². The first-order valence-electron chi connectivity index (χ1n) is 9.06. The molecule has 1 saturated heterocycles. The van der Waals surface area contributed by atoms with Gasteiger partial charge in [0.15, 0.2) is 0 Å². The average molecular weight is 361 g/mol. The number of alkyl halides is 2. The lowest BCUT2D eigenvalue weighted by Gasteiger charge is -2.34. The average Bonchev–Trinajstić information content (AvgIpc) is 3.16. The van der Waals surface area contributed by atoms with E-state index < -0.39 is 6.43 Å². The van der Waals surface area contributed by atoms with E-state index in [1.807, 2.05) is 4.90 Å². The van der Waals surface area contributed by atoms with Crippen molar-refractivity contribution >= 4 is 11.7 Å². The molecule has 4 rings (SSSR count). The third-order valence-corrected chi connectivity index (χ3v) is 5.37. The molecule has 138 valence electrons. The van der Waals surface area contributed by atoms with Crippen LogP contribution in [0.1, 0.15) is 55.8 Å². The third-order valence-electron chi connectivity index (χ3n) is 5.37. The first kappa shape index (κ1) is 17.1. The van der Waals surface area contributed by atoms with E-state index in [4.69, 9.17) is 0 Å². The molecule has 8 heteroatoms. The van der Waals surface area contributed by atoms with Crippen molar-refractivity contribution in [2.75, 3.05) is 13.1 Å². The van der Waals surface area contributed by atoms with E-state index in [0.717, 1.165) is 36.6 Å². The van der Waals surface area contributed by atoms with Crippen LogP contribution in [0.3, 0.4) is 0 Å². The zero-order chi connectivity index (χ0) is 18.1. The highest BCUT2D eigenvalue weighted by Crippen LogP contribution is 2.31. The fourth-order valence-electron chi connectivity index (χ4n) is 3.89. The number of fused-ring (bicyclic) bond motifs is 1. The number of piperidine rings is 1. The molecule has 0 saturated carbocycles. The van der Waals surface area contributed by atoms with Crippen LogP contribution in [0.15, 0.2) is 24.5 Å². The largest absolute Gasteiger partial charge is 0.342 e. The highest BCUT2D eigenvalue weighted by atomic mass is 19.3. The summed E-state index contributed by atoms with van der Waals surface area (Å²) in [5.41, 5.74) is 0.434. The molecule has 3 heterocycles. The summed E-state index contributed by atoms with van der Waals surface area (Å²) in [6, 6.07) is 1.43. The number of hydrogen-bond acceptors (Lipinski definition) is 4. The van der Waals surface area contributed by atoms with Gasteiger partial charge in [-0.05, 0) is 38.2 Å². The van der Waals surface area contributed by atoms with Gasteiger partial charge in [0.05, 0.1) is 0 Å². The van der Waals surface area contributed by atoms with E-state index >= 15 is 0 Å². The number of allylic oxidation sites excluding steroid dienone is 2. The van der Waals surface area contributed by atoms with E-state index in [2.05, 4.69) is 27.2 Å². The summed E-state index contributed by atoms with van der Waals surface area (Å²) in [5, 5.41) is 3.82. The second-order valence-corrected chi connectivity index (χ2v) is 6.96. The predicted octanol–water partition coefficient (Wildman–Crippen LogP) is 3.12. The highest BCUT2D eigenvalue weighted by Gasteiger charge is 2.30. The number of halogens is 2. The van der Waals surface area contributed by atoms with Gasteiger partial charge in [-0.1, -0.05) is 12.2 Å². The molecule has 1 aliphatic carbocycles. The molecule has 1 amide bonds. The van der Waals surface area contributed by atoms with Crippen molar-refractivity contribution in [2.24, 2.45) is 5.92 Å². The molecule has 0 aromatic carbocycles. The van der Waals surface area contributed by atoms with Crippen LogP contribution in [0, 0.1) is 5.92 Å². The van der Waals surface area contributed by atoms with Gasteiger partial charge in [-0.25, -0.2) is 13.8 Å². The third kappa shape index (κ3) is 3.20. The topological polar surface area (TPSA) is 63.4 Å². The summed E-state index contributed by atoms with van der Waals surface area (Å²) in [7, 11) is 0. The minimum atomic E-state index is -2.64. The Morgan fingerprint density at radius 2 is 2.00 bits per heavy atom. The minimum absolute atomic E-state index is 0.0597. The summed E-state index contributed by atoms with van der Waals surface area (Å²) in [5.74, 6) is 0.573. The molecule has 1 fully saturated rings. The van der Waals surface area contributed by atoms with Gasteiger partial charge in [-0.3, -0.25) is 4.79 Å². The van der Waals surface area contributed by atoms with Gasteiger partial charge in [-0.2, -0.15) is 14.6 Å². The maximum Gasteiger partial charge on any atom is 0.280 e. The Balaban J connectivity index is 1.47. The van der Waals surface area contributed by atoms with E-state index in [1.54, 1.807) is 0 Å². The second kappa shape index (κ2) is 7.09. The van der Waals surface area contributed by atoms with Gasteiger partial charge in [0.25, 0.3) is 12.2 Å². The van der Waals surface area contributed by atoms with E-state index in [9.17, 15) is 13.6 Å². The Kier molecular flexibility index (Phi) is 4.65. The highest BCUT2D eigenvalue weighted by molar-refractivity contribution is 5.79. The summed E-state index contributed by atoms with van der Waals surface area (Å²) in [6.07, 6.45) is 6.97. The summed E-state index contributed by atoms with van der Waals surface area (Å²) in [6.45, 7) is 1.29. The fraction of sp³-hybridized carbons (Fsp3) is 0.556. The number of carbonyl (C=O) groups is 1. The lowest BCUT2D eigenvalue weighted by Crippen LogP contribution is -2.41. The minimum Gasteiger partial charge on any atom is -0.342 e. The zero-order valence-electron chi connectivity index (χ0n) is 14.4. The lowest BCUT2D eigenvalue weighted by molar-refractivity contribution is -0.136. The molecule has 1 atom stereocenters. The zero-order valence-corrected chi connectivity index (χ0v) is 14.4. The molecular weight excluding hydrogens is 340 g/mol. The molecule has 6 nitrogen and oxygen atoms in total. The van der Waals surface area contributed by atoms with Crippen LogP contribution >= 0.6 is 0 Å². The molecular formula is C18H21F2N5O. The summed E-state index contributed by atoms with van der Waals surface area (Å²) < 4.78 is 27.7. The maximum atomic E-state index is 13.3. The number of hydrogen-bond donors (Lipinski definition) is 0. The molecule has 1 aliphatic heterocycles. The van der Waals surface area contributed by atoms with Crippen LogP contribution in [0.4, 0.5) is 8.78 Å².